The normalized spacial score (nSPS) is 11.2. The van der Waals surface area contributed by atoms with Crippen molar-refractivity contribution in [2.45, 2.75) is 6.54 Å². The average molecular weight is 285 g/mol. The smallest absolute Gasteiger partial charge is 0.170 e. The van der Waals surface area contributed by atoms with Crippen molar-refractivity contribution in [3.63, 3.8) is 0 Å². The number of rotatable bonds is 5. The molecule has 0 heterocycles. The Morgan fingerprint density at radius 2 is 1.76 bits per heavy atom. The molecule has 110 valence electrons. The molecule has 0 radical (unpaired) electrons. The first-order valence-electron chi connectivity index (χ1n) is 6.56. The van der Waals surface area contributed by atoms with Crippen LogP contribution in [0.15, 0.2) is 53.7 Å². The molecule has 0 saturated heterocycles. The van der Waals surface area contributed by atoms with Gasteiger partial charge < -0.3 is 20.6 Å². The largest absolute Gasteiger partial charge is 0.497 e. The predicted molar refractivity (Wildman–Crippen MR) is 84.1 cm³/mol. The molecule has 0 unspecified atom stereocenters. The second kappa shape index (κ2) is 6.65. The van der Waals surface area contributed by atoms with E-state index in [1.165, 1.54) is 0 Å². The zero-order chi connectivity index (χ0) is 15.2. The Balaban J connectivity index is 2.06. The van der Waals surface area contributed by atoms with Crippen LogP contribution >= 0.6 is 0 Å². The number of oxime groups is 1. The van der Waals surface area contributed by atoms with Crippen LogP contribution in [-0.4, -0.2) is 25.2 Å². The second-order valence-electron chi connectivity index (χ2n) is 4.74. The number of hydrogen-bond donors (Lipinski definition) is 2. The lowest BCUT2D eigenvalue weighted by molar-refractivity contribution is 0.318. The number of nitrogens with zero attached hydrogens (tertiary/aromatic N) is 2. The number of hydrogen-bond acceptors (Lipinski definition) is 4. The molecule has 21 heavy (non-hydrogen) atoms. The monoisotopic (exact) mass is 285 g/mol. The third-order valence-corrected chi connectivity index (χ3v) is 3.29. The lowest BCUT2D eigenvalue weighted by Crippen LogP contribution is -2.17. The van der Waals surface area contributed by atoms with Gasteiger partial charge in [-0.3, -0.25) is 0 Å². The minimum atomic E-state index is 0.116. The van der Waals surface area contributed by atoms with Gasteiger partial charge in [0.2, 0.25) is 0 Å². The Hall–Kier alpha value is -2.69. The maximum atomic E-state index is 8.64. The first-order chi connectivity index (χ1) is 10.1. The first-order valence-corrected chi connectivity index (χ1v) is 6.56. The molecular formula is C16H19N3O2. The predicted octanol–water partition coefficient (Wildman–Crippen LogP) is 2.43. The van der Waals surface area contributed by atoms with Gasteiger partial charge in [0.25, 0.3) is 0 Å². The summed E-state index contributed by atoms with van der Waals surface area (Å²) in [6.07, 6.45) is 0. The maximum absolute atomic E-state index is 8.64. The van der Waals surface area contributed by atoms with Crippen molar-refractivity contribution in [1.82, 2.24) is 0 Å². The van der Waals surface area contributed by atoms with E-state index >= 15 is 0 Å². The van der Waals surface area contributed by atoms with E-state index in [0.29, 0.717) is 5.56 Å². The van der Waals surface area contributed by atoms with Gasteiger partial charge in [-0.25, -0.2) is 0 Å². The summed E-state index contributed by atoms with van der Waals surface area (Å²) in [5.41, 5.74) is 8.49. The third-order valence-electron chi connectivity index (χ3n) is 3.29. The molecule has 0 aromatic heterocycles. The van der Waals surface area contributed by atoms with E-state index in [0.717, 1.165) is 23.5 Å². The summed E-state index contributed by atoms with van der Waals surface area (Å²) in [4.78, 5) is 2.14. The van der Waals surface area contributed by atoms with Crippen molar-refractivity contribution in [1.29, 1.82) is 0 Å². The minimum absolute atomic E-state index is 0.116. The second-order valence-corrected chi connectivity index (χ2v) is 4.74. The van der Waals surface area contributed by atoms with Crippen LogP contribution in [-0.2, 0) is 6.54 Å². The number of amidine groups is 1. The summed E-state index contributed by atoms with van der Waals surface area (Å²) in [6.45, 7) is 0.767. The summed E-state index contributed by atoms with van der Waals surface area (Å²) in [6, 6.07) is 15.5. The fraction of sp³-hybridized carbons (Fsp3) is 0.188. The highest BCUT2D eigenvalue weighted by atomic mass is 16.5. The number of anilines is 1. The fourth-order valence-corrected chi connectivity index (χ4v) is 2.04. The van der Waals surface area contributed by atoms with Gasteiger partial charge in [0.15, 0.2) is 5.84 Å². The van der Waals surface area contributed by atoms with Crippen molar-refractivity contribution in [3.05, 3.63) is 59.7 Å². The number of methoxy groups -OCH3 is 1. The molecular weight excluding hydrogens is 266 g/mol. The van der Waals surface area contributed by atoms with E-state index in [1.54, 1.807) is 7.11 Å². The molecule has 0 spiro atoms. The van der Waals surface area contributed by atoms with E-state index in [9.17, 15) is 0 Å². The zero-order valence-corrected chi connectivity index (χ0v) is 12.2. The standard InChI is InChI=1S/C16H19N3O2/c1-19(14-7-9-15(21-2)10-8-14)11-12-3-5-13(6-4-12)16(17)18-20/h3-10,20H,11H2,1-2H3,(H2,17,18). The van der Waals surface area contributed by atoms with E-state index in [-0.39, 0.29) is 5.84 Å². The molecule has 2 rings (SSSR count). The minimum Gasteiger partial charge on any atom is -0.497 e. The molecule has 0 fully saturated rings. The van der Waals surface area contributed by atoms with Crippen LogP contribution in [0.1, 0.15) is 11.1 Å². The summed E-state index contributed by atoms with van der Waals surface area (Å²) in [5, 5.41) is 11.6. The van der Waals surface area contributed by atoms with Gasteiger partial charge in [-0.15, -0.1) is 0 Å². The Bertz CT molecular complexity index is 606. The Morgan fingerprint density at radius 1 is 1.14 bits per heavy atom. The lowest BCUT2D eigenvalue weighted by Gasteiger charge is -2.19. The molecule has 0 bridgehead atoms. The van der Waals surface area contributed by atoms with Crippen LogP contribution in [0.25, 0.3) is 0 Å². The molecule has 3 N–H and O–H groups in total. The van der Waals surface area contributed by atoms with E-state index in [1.807, 2.05) is 55.6 Å². The summed E-state index contributed by atoms with van der Waals surface area (Å²) < 4.78 is 5.15. The molecule has 0 aliphatic heterocycles. The average Bonchev–Trinajstić information content (AvgIpc) is 2.55. The number of nitrogens with two attached hydrogens (primary N) is 1. The zero-order valence-electron chi connectivity index (χ0n) is 12.2. The summed E-state index contributed by atoms with van der Waals surface area (Å²) >= 11 is 0. The highest BCUT2D eigenvalue weighted by molar-refractivity contribution is 5.96. The van der Waals surface area contributed by atoms with Crippen LogP contribution < -0.4 is 15.4 Å². The van der Waals surface area contributed by atoms with Crippen LogP contribution in [0.3, 0.4) is 0 Å². The van der Waals surface area contributed by atoms with Crippen LogP contribution in [0.2, 0.25) is 0 Å². The molecule has 0 atom stereocenters. The van der Waals surface area contributed by atoms with E-state index < -0.39 is 0 Å². The van der Waals surface area contributed by atoms with Gasteiger partial charge in [0.1, 0.15) is 5.75 Å². The van der Waals surface area contributed by atoms with E-state index in [4.69, 9.17) is 15.7 Å². The highest BCUT2D eigenvalue weighted by Gasteiger charge is 2.04. The quantitative estimate of drug-likeness (QED) is 0.383. The molecule has 0 amide bonds. The molecule has 0 aliphatic rings. The first kappa shape index (κ1) is 14.7. The van der Waals surface area contributed by atoms with Crippen molar-refractivity contribution in [2.24, 2.45) is 10.9 Å². The van der Waals surface area contributed by atoms with Gasteiger partial charge in [0, 0.05) is 24.8 Å². The van der Waals surface area contributed by atoms with Crippen molar-refractivity contribution in [3.8, 4) is 5.75 Å². The fourth-order valence-electron chi connectivity index (χ4n) is 2.04. The molecule has 5 heteroatoms. The van der Waals surface area contributed by atoms with E-state index in [2.05, 4.69) is 10.1 Å². The van der Waals surface area contributed by atoms with Crippen molar-refractivity contribution in [2.75, 3.05) is 19.1 Å². The number of benzene rings is 2. The molecule has 2 aromatic carbocycles. The Labute approximate surface area is 124 Å². The Kier molecular flexibility index (Phi) is 4.66. The van der Waals surface area contributed by atoms with Gasteiger partial charge in [0.05, 0.1) is 7.11 Å². The van der Waals surface area contributed by atoms with Crippen molar-refractivity contribution >= 4 is 11.5 Å². The highest BCUT2D eigenvalue weighted by Crippen LogP contribution is 2.19. The van der Waals surface area contributed by atoms with Crippen LogP contribution in [0, 0.1) is 0 Å². The molecule has 5 nitrogen and oxygen atoms in total. The summed E-state index contributed by atoms with van der Waals surface area (Å²) in [7, 11) is 3.68. The topological polar surface area (TPSA) is 71.1 Å². The maximum Gasteiger partial charge on any atom is 0.170 e. The Morgan fingerprint density at radius 3 is 2.29 bits per heavy atom. The van der Waals surface area contributed by atoms with Gasteiger partial charge in [-0.1, -0.05) is 29.4 Å². The van der Waals surface area contributed by atoms with Crippen LogP contribution in [0.4, 0.5) is 5.69 Å². The molecule has 0 saturated carbocycles. The summed E-state index contributed by atoms with van der Waals surface area (Å²) in [5.74, 6) is 0.959. The van der Waals surface area contributed by atoms with Crippen LogP contribution in [0.5, 0.6) is 5.75 Å². The SMILES string of the molecule is COc1ccc(N(C)Cc2ccc(C(N)=NO)cc2)cc1. The van der Waals surface area contributed by atoms with Gasteiger partial charge >= 0.3 is 0 Å². The van der Waals surface area contributed by atoms with Crippen molar-refractivity contribution < 1.29 is 9.94 Å². The molecule has 2 aromatic rings. The van der Waals surface area contributed by atoms with Gasteiger partial charge in [-0.2, -0.15) is 0 Å². The lowest BCUT2D eigenvalue weighted by atomic mass is 10.1. The third kappa shape index (κ3) is 3.66. The van der Waals surface area contributed by atoms with Gasteiger partial charge in [-0.05, 0) is 29.8 Å². The number of ether oxygens (including phenoxy) is 1. The molecule has 0 aliphatic carbocycles.